The number of nitrogens with zero attached hydrogens (tertiary/aromatic N) is 1. The molecule has 0 saturated carbocycles. The van der Waals surface area contributed by atoms with E-state index < -0.39 is 6.16 Å². The van der Waals surface area contributed by atoms with Gasteiger partial charge in [-0.05, 0) is 28.5 Å². The zero-order chi connectivity index (χ0) is 20.1. The average Bonchev–Trinajstić information content (AvgIpc) is 2.78. The summed E-state index contributed by atoms with van der Waals surface area (Å²) in [6, 6.07) is 20.4. The van der Waals surface area contributed by atoms with Crippen molar-refractivity contribution in [3.8, 4) is 5.75 Å². The van der Waals surface area contributed by atoms with Gasteiger partial charge in [0.2, 0.25) is 0 Å². The zero-order valence-corrected chi connectivity index (χ0v) is 15.9. The van der Waals surface area contributed by atoms with Gasteiger partial charge in [-0.2, -0.15) is 0 Å². The number of fused-ring (bicyclic) bond motifs is 1. The van der Waals surface area contributed by atoms with E-state index in [1.54, 1.807) is 17.0 Å². The molecule has 29 heavy (non-hydrogen) atoms. The van der Waals surface area contributed by atoms with Crippen LogP contribution < -0.4 is 4.74 Å². The summed E-state index contributed by atoms with van der Waals surface area (Å²) in [5, 5.41) is 1.77. The summed E-state index contributed by atoms with van der Waals surface area (Å²) < 4.78 is 16.0. The van der Waals surface area contributed by atoms with E-state index in [0.717, 1.165) is 16.3 Å². The highest BCUT2D eigenvalue weighted by atomic mass is 16.7. The molecule has 148 valence electrons. The maximum Gasteiger partial charge on any atom is 0.514 e. The van der Waals surface area contributed by atoms with E-state index in [-0.39, 0.29) is 18.3 Å². The van der Waals surface area contributed by atoms with Crippen LogP contribution >= 0.6 is 0 Å². The Morgan fingerprint density at radius 1 is 0.897 bits per heavy atom. The second-order valence-corrected chi connectivity index (χ2v) is 6.73. The van der Waals surface area contributed by atoms with Gasteiger partial charge in [0.15, 0.2) is 0 Å². The molecule has 0 aromatic heterocycles. The lowest BCUT2D eigenvalue weighted by atomic mass is 10.0. The highest BCUT2D eigenvalue weighted by Gasteiger charge is 2.24. The maximum atomic E-state index is 13.1. The second-order valence-electron chi connectivity index (χ2n) is 6.73. The lowest BCUT2D eigenvalue weighted by Gasteiger charge is -2.27. The van der Waals surface area contributed by atoms with E-state index in [2.05, 4.69) is 0 Å². The van der Waals surface area contributed by atoms with Crippen LogP contribution in [0.25, 0.3) is 10.8 Å². The number of carbonyl (C=O) groups is 2. The summed E-state index contributed by atoms with van der Waals surface area (Å²) in [7, 11) is 0. The molecule has 0 atom stereocenters. The Bertz CT molecular complexity index is 1010. The summed E-state index contributed by atoms with van der Waals surface area (Å²) in [4.78, 5) is 27.1. The van der Waals surface area contributed by atoms with Crippen molar-refractivity contribution in [1.82, 2.24) is 4.90 Å². The first-order chi connectivity index (χ1) is 14.2. The van der Waals surface area contributed by atoms with E-state index in [1.807, 2.05) is 54.6 Å². The van der Waals surface area contributed by atoms with Gasteiger partial charge in [0.25, 0.3) is 5.91 Å². The van der Waals surface area contributed by atoms with Crippen molar-refractivity contribution in [3.05, 3.63) is 77.9 Å². The fourth-order valence-electron chi connectivity index (χ4n) is 3.24. The Labute approximate surface area is 168 Å². The van der Waals surface area contributed by atoms with E-state index >= 15 is 0 Å². The van der Waals surface area contributed by atoms with Crippen LogP contribution in [0.15, 0.2) is 66.7 Å². The second kappa shape index (κ2) is 8.75. The average molecular weight is 391 g/mol. The maximum absolute atomic E-state index is 13.1. The number of hydrogen-bond acceptors (Lipinski definition) is 5. The minimum absolute atomic E-state index is 0.0972. The molecule has 0 N–H and O–H groups in total. The molecular formula is C23H21NO5. The first-order valence-electron chi connectivity index (χ1n) is 9.49. The lowest BCUT2D eigenvalue weighted by Crippen LogP contribution is -2.40. The molecule has 1 saturated heterocycles. The van der Waals surface area contributed by atoms with Crippen molar-refractivity contribution in [2.45, 2.75) is 6.61 Å². The molecule has 6 nitrogen and oxygen atoms in total. The van der Waals surface area contributed by atoms with Crippen molar-refractivity contribution in [1.29, 1.82) is 0 Å². The van der Waals surface area contributed by atoms with Gasteiger partial charge in [0, 0.05) is 13.1 Å². The Morgan fingerprint density at radius 2 is 1.55 bits per heavy atom. The minimum atomic E-state index is -0.847. The summed E-state index contributed by atoms with van der Waals surface area (Å²) >= 11 is 0. The highest BCUT2D eigenvalue weighted by molar-refractivity contribution is 6.02. The third kappa shape index (κ3) is 4.55. The predicted octanol–water partition coefficient (Wildman–Crippen LogP) is 4.03. The number of carbonyl (C=O) groups excluding carboxylic acids is 2. The minimum Gasteiger partial charge on any atom is -0.429 e. The fraction of sp³-hybridized carbons (Fsp3) is 0.217. The topological polar surface area (TPSA) is 65.1 Å². The number of benzene rings is 3. The van der Waals surface area contributed by atoms with Crippen LogP contribution in [0.2, 0.25) is 0 Å². The van der Waals surface area contributed by atoms with Gasteiger partial charge in [0.1, 0.15) is 12.4 Å². The summed E-state index contributed by atoms with van der Waals surface area (Å²) in [6.45, 7) is 2.09. The quantitative estimate of drug-likeness (QED) is 0.496. The fourth-order valence-corrected chi connectivity index (χ4v) is 3.24. The normalized spacial score (nSPS) is 13.9. The molecule has 0 unspecified atom stereocenters. The number of rotatable bonds is 4. The zero-order valence-electron chi connectivity index (χ0n) is 15.9. The van der Waals surface area contributed by atoms with E-state index in [0.29, 0.717) is 31.9 Å². The van der Waals surface area contributed by atoms with Gasteiger partial charge in [-0.25, -0.2) is 4.79 Å². The molecule has 6 heteroatoms. The van der Waals surface area contributed by atoms with Gasteiger partial charge in [0.05, 0.1) is 18.8 Å². The predicted molar refractivity (Wildman–Crippen MR) is 108 cm³/mol. The molecule has 3 aromatic rings. The van der Waals surface area contributed by atoms with Gasteiger partial charge in [-0.3, -0.25) is 4.79 Å². The van der Waals surface area contributed by atoms with Crippen LogP contribution in [-0.2, 0) is 16.1 Å². The Balaban J connectivity index is 1.57. The van der Waals surface area contributed by atoms with Gasteiger partial charge in [-0.15, -0.1) is 0 Å². The van der Waals surface area contributed by atoms with Gasteiger partial charge < -0.3 is 19.1 Å². The number of hydrogen-bond donors (Lipinski definition) is 0. The SMILES string of the molecule is O=C(OCc1ccccc1)Oc1cc2ccccc2cc1C(=O)N1CCOCC1. The van der Waals surface area contributed by atoms with Crippen LogP contribution in [0.1, 0.15) is 15.9 Å². The molecule has 0 bridgehead atoms. The summed E-state index contributed by atoms with van der Waals surface area (Å²) in [5.41, 5.74) is 1.19. The van der Waals surface area contributed by atoms with Crippen LogP contribution in [0, 0.1) is 0 Å². The van der Waals surface area contributed by atoms with Gasteiger partial charge >= 0.3 is 6.16 Å². The highest BCUT2D eigenvalue weighted by Crippen LogP contribution is 2.28. The third-order valence-corrected chi connectivity index (χ3v) is 4.77. The monoisotopic (exact) mass is 391 g/mol. The summed E-state index contributed by atoms with van der Waals surface area (Å²) in [5.74, 6) is 0.00293. The molecule has 0 aliphatic carbocycles. The summed E-state index contributed by atoms with van der Waals surface area (Å²) in [6.07, 6.45) is -0.847. The number of morpholine rings is 1. The molecule has 4 rings (SSSR count). The molecule has 0 radical (unpaired) electrons. The molecule has 0 spiro atoms. The van der Waals surface area contributed by atoms with Crippen molar-refractivity contribution in [2.75, 3.05) is 26.3 Å². The Hall–Kier alpha value is -3.38. The number of ether oxygens (including phenoxy) is 3. The van der Waals surface area contributed by atoms with Crippen molar-refractivity contribution < 1.29 is 23.8 Å². The molecular weight excluding hydrogens is 370 g/mol. The molecule has 3 aromatic carbocycles. The first-order valence-corrected chi connectivity index (χ1v) is 9.49. The van der Waals surface area contributed by atoms with Crippen molar-refractivity contribution >= 4 is 22.8 Å². The van der Waals surface area contributed by atoms with Crippen LogP contribution in [0.5, 0.6) is 5.75 Å². The molecule has 1 fully saturated rings. The van der Waals surface area contributed by atoms with E-state index in [4.69, 9.17) is 14.2 Å². The van der Waals surface area contributed by atoms with Crippen molar-refractivity contribution in [2.24, 2.45) is 0 Å². The Morgan fingerprint density at radius 3 is 2.28 bits per heavy atom. The third-order valence-electron chi connectivity index (χ3n) is 4.77. The van der Waals surface area contributed by atoms with Gasteiger partial charge in [-0.1, -0.05) is 54.6 Å². The van der Waals surface area contributed by atoms with Crippen LogP contribution in [0.3, 0.4) is 0 Å². The molecule has 1 amide bonds. The number of amides is 1. The first kappa shape index (κ1) is 19.0. The van der Waals surface area contributed by atoms with E-state index in [9.17, 15) is 9.59 Å². The largest absolute Gasteiger partial charge is 0.514 e. The van der Waals surface area contributed by atoms with Crippen LogP contribution in [-0.4, -0.2) is 43.3 Å². The van der Waals surface area contributed by atoms with Crippen LogP contribution in [0.4, 0.5) is 4.79 Å². The van der Waals surface area contributed by atoms with E-state index in [1.165, 1.54) is 0 Å². The molecule has 1 heterocycles. The van der Waals surface area contributed by atoms with Crippen molar-refractivity contribution in [3.63, 3.8) is 0 Å². The smallest absolute Gasteiger partial charge is 0.429 e. The molecule has 1 aliphatic rings. The lowest BCUT2D eigenvalue weighted by molar-refractivity contribution is 0.0300. The Kier molecular flexibility index (Phi) is 5.72. The standard InChI is InChI=1S/C23H21NO5/c25-22(24-10-12-27-13-11-24)20-14-18-8-4-5-9-19(18)15-21(20)29-23(26)28-16-17-6-2-1-3-7-17/h1-9,14-15H,10-13,16H2. The molecule has 1 aliphatic heterocycles.